The van der Waals surface area contributed by atoms with Crippen LogP contribution in [0, 0.1) is 0 Å². The van der Waals surface area contributed by atoms with Crippen LogP contribution in [0.15, 0.2) is 36.9 Å². The van der Waals surface area contributed by atoms with Gasteiger partial charge in [0.2, 0.25) is 0 Å². The van der Waals surface area contributed by atoms with Gasteiger partial charge in [-0.3, -0.25) is 0 Å². The minimum atomic E-state index is -0.315. The van der Waals surface area contributed by atoms with Gasteiger partial charge in [-0.1, -0.05) is 29.8 Å². The van der Waals surface area contributed by atoms with Gasteiger partial charge in [0.05, 0.1) is 19.8 Å². The predicted octanol–water partition coefficient (Wildman–Crippen LogP) is 2.96. The molecule has 0 aliphatic carbocycles. The average molecular weight is 255 g/mol. The molecular formula is C13H15ClO3. The van der Waals surface area contributed by atoms with Crippen molar-refractivity contribution < 1.29 is 14.2 Å². The van der Waals surface area contributed by atoms with Crippen LogP contribution in [-0.4, -0.2) is 25.9 Å². The number of benzene rings is 1. The summed E-state index contributed by atoms with van der Waals surface area (Å²) in [6, 6.07) is 7.45. The van der Waals surface area contributed by atoms with Crippen LogP contribution in [0.3, 0.4) is 0 Å². The molecule has 0 amide bonds. The number of hydrogen-bond acceptors (Lipinski definition) is 3. The molecule has 0 saturated carbocycles. The van der Waals surface area contributed by atoms with Crippen molar-refractivity contribution >= 4 is 11.6 Å². The molecule has 3 nitrogen and oxygen atoms in total. The zero-order valence-electron chi connectivity index (χ0n) is 9.47. The minimum absolute atomic E-state index is 0.0179. The molecule has 1 heterocycles. The van der Waals surface area contributed by atoms with E-state index in [4.69, 9.17) is 25.8 Å². The van der Waals surface area contributed by atoms with Gasteiger partial charge in [0.1, 0.15) is 6.10 Å². The topological polar surface area (TPSA) is 27.7 Å². The Kier molecular flexibility index (Phi) is 4.57. The highest BCUT2D eigenvalue weighted by molar-refractivity contribution is 6.30. The molecular weight excluding hydrogens is 240 g/mol. The first-order valence-corrected chi connectivity index (χ1v) is 5.88. The van der Waals surface area contributed by atoms with Gasteiger partial charge in [-0.15, -0.1) is 6.58 Å². The van der Waals surface area contributed by atoms with E-state index < -0.39 is 0 Å². The molecule has 0 bridgehead atoms. The molecule has 1 aromatic carbocycles. The van der Waals surface area contributed by atoms with E-state index in [1.54, 1.807) is 6.08 Å². The fourth-order valence-corrected chi connectivity index (χ4v) is 1.74. The third-order valence-electron chi connectivity index (χ3n) is 2.43. The second-order valence-corrected chi connectivity index (χ2v) is 4.24. The van der Waals surface area contributed by atoms with Crippen molar-refractivity contribution in [1.29, 1.82) is 0 Å². The van der Waals surface area contributed by atoms with Gasteiger partial charge in [-0.05, 0) is 12.1 Å². The highest BCUT2D eigenvalue weighted by Gasteiger charge is 2.27. The van der Waals surface area contributed by atoms with Crippen molar-refractivity contribution in [2.24, 2.45) is 0 Å². The van der Waals surface area contributed by atoms with Gasteiger partial charge in [-0.25, -0.2) is 0 Å². The first kappa shape index (κ1) is 12.6. The molecule has 92 valence electrons. The molecule has 0 aromatic heterocycles. The van der Waals surface area contributed by atoms with Gasteiger partial charge in [0, 0.05) is 10.6 Å². The third-order valence-corrected chi connectivity index (χ3v) is 2.68. The minimum Gasteiger partial charge on any atom is -0.375 e. The summed E-state index contributed by atoms with van der Waals surface area (Å²) >= 11 is 5.82. The fraction of sp³-hybridized carbons (Fsp3) is 0.385. The molecule has 17 heavy (non-hydrogen) atoms. The maximum Gasteiger partial charge on any atom is 0.184 e. The lowest BCUT2D eigenvalue weighted by Gasteiger charge is -2.11. The quantitative estimate of drug-likeness (QED) is 0.597. The summed E-state index contributed by atoms with van der Waals surface area (Å²) < 4.78 is 16.6. The molecule has 0 N–H and O–H groups in total. The lowest BCUT2D eigenvalue weighted by atomic mass is 10.2. The zero-order chi connectivity index (χ0) is 12.1. The van der Waals surface area contributed by atoms with E-state index in [2.05, 4.69) is 6.58 Å². The smallest absolute Gasteiger partial charge is 0.184 e. The van der Waals surface area contributed by atoms with E-state index >= 15 is 0 Å². The van der Waals surface area contributed by atoms with Gasteiger partial charge in [0.25, 0.3) is 0 Å². The second-order valence-electron chi connectivity index (χ2n) is 3.80. The van der Waals surface area contributed by atoms with E-state index in [0.29, 0.717) is 24.8 Å². The molecule has 0 radical (unpaired) electrons. The first-order chi connectivity index (χ1) is 8.29. The van der Waals surface area contributed by atoms with Crippen molar-refractivity contribution in [2.75, 3.05) is 19.8 Å². The first-order valence-electron chi connectivity index (χ1n) is 5.51. The van der Waals surface area contributed by atoms with Crippen molar-refractivity contribution in [1.82, 2.24) is 0 Å². The van der Waals surface area contributed by atoms with Crippen molar-refractivity contribution in [3.8, 4) is 0 Å². The molecule has 1 aromatic rings. The number of hydrogen-bond donors (Lipinski definition) is 0. The summed E-state index contributed by atoms with van der Waals surface area (Å²) in [5.41, 5.74) is 0.973. The highest BCUT2D eigenvalue weighted by atomic mass is 35.5. The van der Waals surface area contributed by atoms with Gasteiger partial charge < -0.3 is 14.2 Å². The van der Waals surface area contributed by atoms with Crippen LogP contribution in [0.4, 0.5) is 0 Å². The van der Waals surface area contributed by atoms with Gasteiger partial charge >= 0.3 is 0 Å². The van der Waals surface area contributed by atoms with Crippen LogP contribution in [0.2, 0.25) is 5.02 Å². The standard InChI is InChI=1S/C13H15ClO3/c1-2-7-15-8-12-9-16-13(17-12)10-3-5-11(14)6-4-10/h2-6,12-13H,1,7-9H2/t12-,13+/m1/s1. The molecule has 0 unspecified atom stereocenters. The van der Waals surface area contributed by atoms with E-state index in [-0.39, 0.29) is 12.4 Å². The predicted molar refractivity (Wildman–Crippen MR) is 66.0 cm³/mol. The normalized spacial score (nSPS) is 23.8. The van der Waals surface area contributed by atoms with Crippen LogP contribution in [0.25, 0.3) is 0 Å². The largest absolute Gasteiger partial charge is 0.375 e. The van der Waals surface area contributed by atoms with E-state index in [1.807, 2.05) is 24.3 Å². The molecule has 1 aliphatic heterocycles. The maximum absolute atomic E-state index is 5.82. The molecule has 2 atom stereocenters. The van der Waals surface area contributed by atoms with Gasteiger partial charge in [-0.2, -0.15) is 0 Å². The van der Waals surface area contributed by atoms with Crippen LogP contribution in [-0.2, 0) is 14.2 Å². The Bertz CT molecular complexity index is 363. The molecule has 1 aliphatic rings. The maximum atomic E-state index is 5.82. The number of ether oxygens (including phenoxy) is 3. The summed E-state index contributed by atoms with van der Waals surface area (Å²) in [4.78, 5) is 0. The second kappa shape index (κ2) is 6.17. The van der Waals surface area contributed by atoms with E-state index in [1.165, 1.54) is 0 Å². The lowest BCUT2D eigenvalue weighted by molar-refractivity contribution is -0.0722. The summed E-state index contributed by atoms with van der Waals surface area (Å²) in [5.74, 6) is 0. The van der Waals surface area contributed by atoms with Crippen molar-refractivity contribution in [3.05, 3.63) is 47.5 Å². The Hall–Kier alpha value is -0.870. The van der Waals surface area contributed by atoms with Crippen molar-refractivity contribution in [3.63, 3.8) is 0 Å². The lowest BCUT2D eigenvalue weighted by Crippen LogP contribution is -2.17. The van der Waals surface area contributed by atoms with Crippen molar-refractivity contribution in [2.45, 2.75) is 12.4 Å². The summed E-state index contributed by atoms with van der Waals surface area (Å²) in [5, 5.41) is 0.706. The van der Waals surface area contributed by atoms with Gasteiger partial charge in [0.15, 0.2) is 6.29 Å². The Balaban J connectivity index is 1.84. The van der Waals surface area contributed by atoms with Crippen LogP contribution in [0.5, 0.6) is 0 Å². The monoisotopic (exact) mass is 254 g/mol. The summed E-state index contributed by atoms with van der Waals surface area (Å²) in [6.07, 6.45) is 1.38. The molecule has 2 rings (SSSR count). The average Bonchev–Trinajstić information content (AvgIpc) is 2.79. The zero-order valence-corrected chi connectivity index (χ0v) is 10.2. The fourth-order valence-electron chi connectivity index (χ4n) is 1.61. The Labute approximate surface area is 106 Å². The summed E-state index contributed by atoms with van der Waals surface area (Å²) in [6.45, 7) is 5.19. The number of rotatable bonds is 5. The molecule has 0 spiro atoms. The SMILES string of the molecule is C=CCOC[C@@H]1CO[C@H](c2ccc(Cl)cc2)O1. The Morgan fingerprint density at radius 1 is 1.41 bits per heavy atom. The molecule has 1 fully saturated rings. The molecule has 4 heteroatoms. The van der Waals surface area contributed by atoms with E-state index in [9.17, 15) is 0 Å². The number of halogens is 1. The molecule has 1 saturated heterocycles. The summed E-state index contributed by atoms with van der Waals surface area (Å²) in [7, 11) is 0. The Morgan fingerprint density at radius 2 is 2.18 bits per heavy atom. The van der Waals surface area contributed by atoms with Crippen LogP contribution < -0.4 is 0 Å². The van der Waals surface area contributed by atoms with Crippen LogP contribution in [0.1, 0.15) is 11.9 Å². The third kappa shape index (κ3) is 3.54. The highest BCUT2D eigenvalue weighted by Crippen LogP contribution is 2.27. The Morgan fingerprint density at radius 3 is 2.88 bits per heavy atom. The van der Waals surface area contributed by atoms with E-state index in [0.717, 1.165) is 5.56 Å². The van der Waals surface area contributed by atoms with Crippen LogP contribution >= 0.6 is 11.6 Å².